The van der Waals surface area contributed by atoms with Crippen LogP contribution in [0.3, 0.4) is 0 Å². The molecule has 0 aromatic rings. The van der Waals surface area contributed by atoms with E-state index in [1.54, 1.807) is 6.08 Å². The number of carbonyl (C=O) groups is 2. The van der Waals surface area contributed by atoms with Crippen LogP contribution in [0.5, 0.6) is 0 Å². The lowest BCUT2D eigenvalue weighted by molar-refractivity contribution is -0.143. The molecule has 0 saturated heterocycles. The predicted octanol–water partition coefficient (Wildman–Crippen LogP) is 20.0. The highest BCUT2D eigenvalue weighted by atomic mass is 16.5. The Balaban J connectivity index is 3.39. The Morgan fingerprint density at radius 1 is 0.386 bits per heavy atom. The van der Waals surface area contributed by atoms with Crippen molar-refractivity contribution in [3.63, 3.8) is 0 Å². The van der Waals surface area contributed by atoms with Gasteiger partial charge in [0.25, 0.3) is 0 Å². The lowest BCUT2D eigenvalue weighted by Gasteiger charge is -2.20. The van der Waals surface area contributed by atoms with Gasteiger partial charge in [-0.2, -0.15) is 0 Å². The topological polar surface area (TPSA) is 95.9 Å². The van der Waals surface area contributed by atoms with Crippen molar-refractivity contribution in [1.82, 2.24) is 5.32 Å². The van der Waals surface area contributed by atoms with Gasteiger partial charge in [0, 0.05) is 12.8 Å². The van der Waals surface area contributed by atoms with Gasteiger partial charge in [-0.15, -0.1) is 0 Å². The fraction of sp³-hybridized carbons (Fsp3) is 0.938. The number of aliphatic hydroxyl groups excluding tert-OH is 2. The average Bonchev–Trinajstić information content (AvgIpc) is 3.36. The first kappa shape index (κ1) is 68.6. The van der Waals surface area contributed by atoms with E-state index in [9.17, 15) is 19.8 Å². The SMILES string of the molecule is CCCCCCCCCCCCCCCCC/C=C/C(O)C(CO)NC(=O)CCCCCCCCCCCCCCCCCCCCCCCCCOC(=O)CCCCCCCCCCCCCCC. The van der Waals surface area contributed by atoms with E-state index in [0.717, 1.165) is 38.5 Å². The number of allylic oxidation sites excluding steroid dienone is 1. The minimum atomic E-state index is -0.843. The lowest BCUT2D eigenvalue weighted by atomic mass is 10.0. The summed E-state index contributed by atoms with van der Waals surface area (Å²) in [5.74, 6) is -0.0482. The maximum Gasteiger partial charge on any atom is 0.305 e. The van der Waals surface area contributed by atoms with E-state index >= 15 is 0 Å². The molecule has 0 rings (SSSR count). The second kappa shape index (κ2) is 60.2. The molecule has 0 fully saturated rings. The van der Waals surface area contributed by atoms with Crippen molar-refractivity contribution in [3.05, 3.63) is 12.2 Å². The van der Waals surface area contributed by atoms with Crippen molar-refractivity contribution in [3.8, 4) is 0 Å². The molecule has 0 saturated carbocycles. The molecule has 0 spiro atoms. The minimum Gasteiger partial charge on any atom is -0.466 e. The fourth-order valence-corrected chi connectivity index (χ4v) is 10.2. The number of nitrogens with one attached hydrogen (secondary N) is 1. The van der Waals surface area contributed by atoms with Gasteiger partial charge < -0.3 is 20.3 Å². The molecule has 1 amide bonds. The van der Waals surface area contributed by atoms with Crippen molar-refractivity contribution >= 4 is 11.9 Å². The molecule has 0 heterocycles. The first-order valence-electron chi connectivity index (χ1n) is 32.0. The lowest BCUT2D eigenvalue weighted by Crippen LogP contribution is -2.45. The third-order valence-electron chi connectivity index (χ3n) is 15.1. The van der Waals surface area contributed by atoms with Crippen LogP contribution in [0.25, 0.3) is 0 Å². The molecule has 70 heavy (non-hydrogen) atoms. The number of carbonyl (C=O) groups excluding carboxylic acids is 2. The van der Waals surface area contributed by atoms with Crippen LogP contribution in [0.1, 0.15) is 361 Å². The molecule has 0 aliphatic rings. The van der Waals surface area contributed by atoms with Crippen molar-refractivity contribution in [2.24, 2.45) is 0 Å². The molecule has 0 aromatic heterocycles. The molecule has 416 valence electrons. The Labute approximate surface area is 438 Å². The van der Waals surface area contributed by atoms with Crippen LogP contribution in [-0.2, 0) is 14.3 Å². The fourth-order valence-electron chi connectivity index (χ4n) is 10.2. The van der Waals surface area contributed by atoms with Crippen LogP contribution in [-0.4, -0.2) is 47.4 Å². The van der Waals surface area contributed by atoms with Crippen LogP contribution in [0.4, 0.5) is 0 Å². The number of hydrogen-bond donors (Lipinski definition) is 3. The van der Waals surface area contributed by atoms with Crippen molar-refractivity contribution in [2.45, 2.75) is 373 Å². The molecule has 0 aromatic carbocycles. The van der Waals surface area contributed by atoms with E-state index in [0.29, 0.717) is 19.4 Å². The molecule has 2 atom stereocenters. The summed E-state index contributed by atoms with van der Waals surface area (Å²) in [5, 5.41) is 23.2. The number of rotatable bonds is 60. The number of ether oxygens (including phenoxy) is 1. The van der Waals surface area contributed by atoms with Gasteiger partial charge in [0.15, 0.2) is 0 Å². The molecule has 0 bridgehead atoms. The number of esters is 1. The highest BCUT2D eigenvalue weighted by Gasteiger charge is 2.18. The van der Waals surface area contributed by atoms with Crippen LogP contribution in [0.15, 0.2) is 12.2 Å². The van der Waals surface area contributed by atoms with Crippen LogP contribution < -0.4 is 5.32 Å². The van der Waals surface area contributed by atoms with Crippen molar-refractivity contribution in [1.29, 1.82) is 0 Å². The molecule has 6 nitrogen and oxygen atoms in total. The molecular formula is C64H125NO5. The first-order valence-corrected chi connectivity index (χ1v) is 32.0. The molecule has 6 heteroatoms. The molecule has 0 radical (unpaired) electrons. The van der Waals surface area contributed by atoms with Gasteiger partial charge in [0.1, 0.15) is 0 Å². The molecule has 3 N–H and O–H groups in total. The molecule has 0 aliphatic carbocycles. The van der Waals surface area contributed by atoms with E-state index in [-0.39, 0.29) is 18.5 Å². The van der Waals surface area contributed by atoms with Crippen LogP contribution >= 0.6 is 0 Å². The van der Waals surface area contributed by atoms with Gasteiger partial charge in [0.05, 0.1) is 25.4 Å². The summed E-state index contributed by atoms with van der Waals surface area (Å²) in [7, 11) is 0. The molecular weight excluding hydrogens is 863 g/mol. The monoisotopic (exact) mass is 988 g/mol. The highest BCUT2D eigenvalue weighted by Crippen LogP contribution is 2.18. The Morgan fingerprint density at radius 2 is 0.657 bits per heavy atom. The average molecular weight is 989 g/mol. The maximum absolute atomic E-state index is 12.5. The molecule has 0 aliphatic heterocycles. The summed E-state index contributed by atoms with van der Waals surface area (Å²) in [5.41, 5.74) is 0. The van der Waals surface area contributed by atoms with Crippen LogP contribution in [0.2, 0.25) is 0 Å². The van der Waals surface area contributed by atoms with Gasteiger partial charge in [-0.05, 0) is 32.1 Å². The van der Waals surface area contributed by atoms with Gasteiger partial charge >= 0.3 is 5.97 Å². The predicted molar refractivity (Wildman–Crippen MR) is 306 cm³/mol. The Morgan fingerprint density at radius 3 is 0.971 bits per heavy atom. The molecule has 2 unspecified atom stereocenters. The Kier molecular flexibility index (Phi) is 59.0. The number of aliphatic hydroxyl groups is 2. The summed E-state index contributed by atoms with van der Waals surface area (Å²) in [4.78, 5) is 24.5. The van der Waals surface area contributed by atoms with Gasteiger partial charge in [-0.25, -0.2) is 0 Å². The number of amides is 1. The third-order valence-corrected chi connectivity index (χ3v) is 15.1. The summed E-state index contributed by atoms with van der Waals surface area (Å²) in [6, 6.07) is -0.627. The van der Waals surface area contributed by atoms with E-state index in [4.69, 9.17) is 4.74 Å². The zero-order chi connectivity index (χ0) is 50.7. The largest absolute Gasteiger partial charge is 0.466 e. The Bertz CT molecular complexity index is 1050. The van der Waals surface area contributed by atoms with Gasteiger partial charge in [-0.3, -0.25) is 9.59 Å². The third kappa shape index (κ3) is 55.9. The minimum absolute atomic E-state index is 0.0161. The van der Waals surface area contributed by atoms with E-state index in [2.05, 4.69) is 19.2 Å². The normalized spacial score (nSPS) is 12.6. The van der Waals surface area contributed by atoms with E-state index < -0.39 is 12.1 Å². The first-order chi connectivity index (χ1) is 34.5. The van der Waals surface area contributed by atoms with E-state index in [1.165, 1.54) is 295 Å². The van der Waals surface area contributed by atoms with Crippen molar-refractivity contribution in [2.75, 3.05) is 13.2 Å². The standard InChI is InChI=1S/C64H125NO5/c1-3-5-7-9-11-13-15-17-18-26-29-33-36-40-44-48-52-56-62(67)61(60-66)65-63(68)57-53-49-45-41-37-34-30-27-24-22-20-19-21-23-25-28-31-35-39-43-47-51-55-59-70-64(69)58-54-50-46-42-38-32-16-14-12-10-8-6-4-2/h52,56,61-62,66-67H,3-51,53-55,57-60H2,1-2H3,(H,65,68)/b56-52+. The summed E-state index contributed by atoms with van der Waals surface area (Å²) in [6.45, 7) is 4.93. The van der Waals surface area contributed by atoms with Gasteiger partial charge in [-0.1, -0.05) is 328 Å². The number of unbranched alkanes of at least 4 members (excludes halogenated alkanes) is 49. The van der Waals surface area contributed by atoms with E-state index in [1.807, 2.05) is 6.08 Å². The van der Waals surface area contributed by atoms with Gasteiger partial charge in [0.2, 0.25) is 5.91 Å². The smallest absolute Gasteiger partial charge is 0.305 e. The summed E-state index contributed by atoms with van der Waals surface area (Å²) in [6.07, 6.45) is 72.6. The zero-order valence-electron chi connectivity index (χ0n) is 47.5. The second-order valence-electron chi connectivity index (χ2n) is 22.1. The van der Waals surface area contributed by atoms with Crippen LogP contribution in [0, 0.1) is 0 Å². The zero-order valence-corrected chi connectivity index (χ0v) is 47.5. The summed E-state index contributed by atoms with van der Waals surface area (Å²) < 4.78 is 5.48. The number of hydrogen-bond acceptors (Lipinski definition) is 5. The Hall–Kier alpha value is -1.40. The quantitative estimate of drug-likeness (QED) is 0.0321. The van der Waals surface area contributed by atoms with Crippen molar-refractivity contribution < 1.29 is 24.5 Å². The summed E-state index contributed by atoms with van der Waals surface area (Å²) >= 11 is 0. The maximum atomic E-state index is 12.5. The second-order valence-corrected chi connectivity index (χ2v) is 22.1. The highest BCUT2D eigenvalue weighted by molar-refractivity contribution is 5.76.